The van der Waals surface area contributed by atoms with E-state index in [1.54, 1.807) is 0 Å². The molecule has 1 aliphatic heterocycles. The first-order valence-corrected chi connectivity index (χ1v) is 4.45. The van der Waals surface area contributed by atoms with Crippen LogP contribution in [0.1, 0.15) is 33.6 Å². The second-order valence-electron chi connectivity index (χ2n) is 3.59. The van der Waals surface area contributed by atoms with Crippen molar-refractivity contribution >= 4 is 5.71 Å². The first kappa shape index (κ1) is 8.57. The highest BCUT2D eigenvalue weighted by molar-refractivity contribution is 5.87. The number of hydrazone groups is 1. The first-order chi connectivity index (χ1) is 5.15. The van der Waals surface area contributed by atoms with Crippen LogP contribution in [0.4, 0.5) is 0 Å². The van der Waals surface area contributed by atoms with Gasteiger partial charge in [-0.15, -0.1) is 0 Å². The fraction of sp³-hybridized carbons (Fsp3) is 0.889. The SMILES string of the molecule is CCC1CC(C(C)C)=NN1C. The highest BCUT2D eigenvalue weighted by Gasteiger charge is 2.22. The van der Waals surface area contributed by atoms with Crippen LogP contribution >= 0.6 is 0 Å². The zero-order chi connectivity index (χ0) is 8.43. The van der Waals surface area contributed by atoms with Crippen LogP contribution in [-0.2, 0) is 0 Å². The molecule has 2 nitrogen and oxygen atoms in total. The monoisotopic (exact) mass is 154 g/mol. The van der Waals surface area contributed by atoms with Crippen LogP contribution in [0.15, 0.2) is 5.10 Å². The predicted octanol–water partition coefficient (Wildman–Crippen LogP) is 2.11. The molecule has 1 heterocycles. The molecule has 64 valence electrons. The average molecular weight is 154 g/mol. The average Bonchev–Trinajstić information content (AvgIpc) is 2.31. The van der Waals surface area contributed by atoms with E-state index < -0.39 is 0 Å². The fourth-order valence-electron chi connectivity index (χ4n) is 1.46. The molecule has 0 saturated carbocycles. The number of rotatable bonds is 2. The summed E-state index contributed by atoms with van der Waals surface area (Å²) >= 11 is 0. The van der Waals surface area contributed by atoms with E-state index in [0.29, 0.717) is 12.0 Å². The molecule has 0 bridgehead atoms. The van der Waals surface area contributed by atoms with Gasteiger partial charge < -0.3 is 0 Å². The zero-order valence-electron chi connectivity index (χ0n) is 7.96. The molecule has 0 saturated heterocycles. The molecule has 0 aliphatic carbocycles. The summed E-state index contributed by atoms with van der Waals surface area (Å²) in [6, 6.07) is 0.660. The lowest BCUT2D eigenvalue weighted by molar-refractivity contribution is 0.278. The minimum absolute atomic E-state index is 0.619. The Labute approximate surface area is 69.3 Å². The van der Waals surface area contributed by atoms with Gasteiger partial charge in [0.1, 0.15) is 0 Å². The topological polar surface area (TPSA) is 15.6 Å². The molecule has 0 radical (unpaired) electrons. The molecule has 1 rings (SSSR count). The van der Waals surface area contributed by atoms with E-state index >= 15 is 0 Å². The molecule has 0 N–H and O–H groups in total. The minimum atomic E-state index is 0.619. The van der Waals surface area contributed by atoms with Gasteiger partial charge in [-0.05, 0) is 12.3 Å². The molecule has 1 aliphatic rings. The molecule has 0 fully saturated rings. The van der Waals surface area contributed by atoms with Crippen molar-refractivity contribution < 1.29 is 0 Å². The van der Waals surface area contributed by atoms with Crippen LogP contribution in [0.25, 0.3) is 0 Å². The van der Waals surface area contributed by atoms with Crippen LogP contribution in [0.2, 0.25) is 0 Å². The molecule has 1 unspecified atom stereocenters. The van der Waals surface area contributed by atoms with Gasteiger partial charge in [0.05, 0.1) is 6.04 Å². The van der Waals surface area contributed by atoms with Crippen LogP contribution in [-0.4, -0.2) is 23.8 Å². The summed E-state index contributed by atoms with van der Waals surface area (Å²) in [6.07, 6.45) is 2.38. The Hall–Kier alpha value is -0.530. The second kappa shape index (κ2) is 3.24. The van der Waals surface area contributed by atoms with Crippen molar-refractivity contribution in [3.63, 3.8) is 0 Å². The largest absolute Gasteiger partial charge is 0.297 e. The molecule has 0 aromatic heterocycles. The molecular formula is C9H18N2. The van der Waals surface area contributed by atoms with Crippen molar-refractivity contribution in [3.8, 4) is 0 Å². The Kier molecular flexibility index (Phi) is 2.53. The third kappa shape index (κ3) is 1.73. The van der Waals surface area contributed by atoms with Gasteiger partial charge in [0, 0.05) is 19.2 Å². The maximum Gasteiger partial charge on any atom is 0.0517 e. The van der Waals surface area contributed by atoms with Crippen molar-refractivity contribution in [1.82, 2.24) is 5.01 Å². The summed E-state index contributed by atoms with van der Waals surface area (Å²) in [7, 11) is 2.07. The predicted molar refractivity (Wildman–Crippen MR) is 48.7 cm³/mol. The van der Waals surface area contributed by atoms with Crippen LogP contribution in [0.3, 0.4) is 0 Å². The maximum atomic E-state index is 4.49. The van der Waals surface area contributed by atoms with Gasteiger partial charge in [-0.2, -0.15) is 5.10 Å². The molecule has 0 aromatic rings. The van der Waals surface area contributed by atoms with Crippen LogP contribution in [0.5, 0.6) is 0 Å². The third-order valence-corrected chi connectivity index (χ3v) is 2.40. The number of nitrogens with zero attached hydrogens (tertiary/aromatic N) is 2. The van der Waals surface area contributed by atoms with E-state index in [2.05, 4.69) is 37.9 Å². The summed E-state index contributed by atoms with van der Waals surface area (Å²) < 4.78 is 0. The van der Waals surface area contributed by atoms with E-state index in [1.807, 2.05) is 0 Å². The van der Waals surface area contributed by atoms with Gasteiger partial charge in [-0.1, -0.05) is 20.8 Å². The van der Waals surface area contributed by atoms with E-state index in [-0.39, 0.29) is 0 Å². The van der Waals surface area contributed by atoms with Crippen molar-refractivity contribution in [1.29, 1.82) is 0 Å². The Morgan fingerprint density at radius 1 is 1.64 bits per heavy atom. The molecule has 0 aromatic carbocycles. The normalized spacial score (nSPS) is 24.6. The van der Waals surface area contributed by atoms with Gasteiger partial charge in [-0.25, -0.2) is 0 Å². The Morgan fingerprint density at radius 2 is 2.27 bits per heavy atom. The minimum Gasteiger partial charge on any atom is -0.297 e. The molecule has 11 heavy (non-hydrogen) atoms. The second-order valence-corrected chi connectivity index (χ2v) is 3.59. The third-order valence-electron chi connectivity index (χ3n) is 2.40. The molecule has 0 spiro atoms. The van der Waals surface area contributed by atoms with Gasteiger partial charge in [0.25, 0.3) is 0 Å². The molecule has 2 heteroatoms. The summed E-state index contributed by atoms with van der Waals surface area (Å²) in [5, 5.41) is 6.60. The van der Waals surface area contributed by atoms with Crippen molar-refractivity contribution in [3.05, 3.63) is 0 Å². The maximum absolute atomic E-state index is 4.49. The Morgan fingerprint density at radius 3 is 2.55 bits per heavy atom. The standard InChI is InChI=1S/C9H18N2/c1-5-8-6-9(7(2)3)10-11(8)4/h7-8H,5-6H2,1-4H3. The Balaban J connectivity index is 2.56. The quantitative estimate of drug-likeness (QED) is 0.595. The zero-order valence-corrected chi connectivity index (χ0v) is 7.96. The fourth-order valence-corrected chi connectivity index (χ4v) is 1.46. The summed E-state index contributed by atoms with van der Waals surface area (Å²) in [6.45, 7) is 6.65. The molecular weight excluding hydrogens is 136 g/mol. The lowest BCUT2D eigenvalue weighted by Crippen LogP contribution is -2.21. The van der Waals surface area contributed by atoms with Crippen molar-refractivity contribution in [2.75, 3.05) is 7.05 Å². The summed E-state index contributed by atoms with van der Waals surface area (Å²) in [5.41, 5.74) is 1.36. The van der Waals surface area contributed by atoms with Crippen molar-refractivity contribution in [2.24, 2.45) is 11.0 Å². The van der Waals surface area contributed by atoms with E-state index in [9.17, 15) is 0 Å². The molecule has 0 amide bonds. The van der Waals surface area contributed by atoms with Gasteiger partial charge in [0.2, 0.25) is 0 Å². The van der Waals surface area contributed by atoms with Gasteiger partial charge >= 0.3 is 0 Å². The van der Waals surface area contributed by atoms with E-state index in [0.717, 1.165) is 0 Å². The van der Waals surface area contributed by atoms with Gasteiger partial charge in [-0.3, -0.25) is 5.01 Å². The highest BCUT2D eigenvalue weighted by Crippen LogP contribution is 2.19. The first-order valence-electron chi connectivity index (χ1n) is 4.45. The number of hydrogen-bond donors (Lipinski definition) is 0. The highest BCUT2D eigenvalue weighted by atomic mass is 15.5. The lowest BCUT2D eigenvalue weighted by atomic mass is 10.0. The van der Waals surface area contributed by atoms with Crippen LogP contribution in [0, 0.1) is 5.92 Å². The number of hydrogen-bond acceptors (Lipinski definition) is 2. The summed E-state index contributed by atoms with van der Waals surface area (Å²) in [5.74, 6) is 0.619. The Bertz CT molecular complexity index is 161. The van der Waals surface area contributed by atoms with E-state index in [1.165, 1.54) is 18.6 Å². The smallest absolute Gasteiger partial charge is 0.0517 e. The molecule has 1 atom stereocenters. The van der Waals surface area contributed by atoms with Crippen molar-refractivity contribution in [2.45, 2.75) is 39.7 Å². The van der Waals surface area contributed by atoms with Gasteiger partial charge in [0.15, 0.2) is 0 Å². The lowest BCUT2D eigenvalue weighted by Gasteiger charge is -2.15. The van der Waals surface area contributed by atoms with E-state index in [4.69, 9.17) is 0 Å². The van der Waals surface area contributed by atoms with Crippen LogP contribution < -0.4 is 0 Å². The summed E-state index contributed by atoms with van der Waals surface area (Å²) in [4.78, 5) is 0.